The molecule has 0 saturated heterocycles. The molecule has 7 heteroatoms. The Morgan fingerprint density at radius 3 is 2.25 bits per heavy atom. The van der Waals surface area contributed by atoms with E-state index in [0.717, 1.165) is 46.5 Å². The predicted octanol–water partition coefficient (Wildman–Crippen LogP) is 7.41. The molecule has 0 aliphatic carbocycles. The Bertz CT molecular complexity index is 1520. The summed E-state index contributed by atoms with van der Waals surface area (Å²) in [6.07, 6.45) is 3.13. The fourth-order valence-corrected chi connectivity index (χ4v) is 5.75. The summed E-state index contributed by atoms with van der Waals surface area (Å²) in [6.45, 7) is 2.14. The van der Waals surface area contributed by atoms with Gasteiger partial charge in [0.15, 0.2) is 0 Å². The van der Waals surface area contributed by atoms with E-state index < -0.39 is 10.0 Å². The van der Waals surface area contributed by atoms with Crippen LogP contribution in [0.3, 0.4) is 0 Å². The molecule has 0 saturated carbocycles. The Labute approximate surface area is 216 Å². The molecule has 0 unspecified atom stereocenters. The van der Waals surface area contributed by atoms with E-state index in [-0.39, 0.29) is 4.90 Å². The molecule has 0 atom stereocenters. The number of unbranched alkanes of at least 4 members (excludes halogenated alkanes) is 1. The van der Waals surface area contributed by atoms with Crippen molar-refractivity contribution >= 4 is 27.2 Å². The smallest absolute Gasteiger partial charge is 0.263 e. The molecular weight excluding hydrogens is 486 g/mol. The number of thiophene rings is 1. The zero-order chi connectivity index (χ0) is 25.0. The number of aryl methyl sites for hydroxylation is 1. The van der Waals surface area contributed by atoms with Crippen molar-refractivity contribution in [3.05, 3.63) is 108 Å². The summed E-state index contributed by atoms with van der Waals surface area (Å²) >= 11 is 1.56. The molecule has 0 bridgehead atoms. The largest absolute Gasteiger partial charge is 0.263 e. The minimum atomic E-state index is -3.80. The van der Waals surface area contributed by atoms with Crippen molar-refractivity contribution in [3.8, 4) is 27.4 Å². The van der Waals surface area contributed by atoms with Crippen LogP contribution in [0.25, 0.3) is 27.4 Å². The maximum absolute atomic E-state index is 13.3. The number of sulfonamides is 1. The molecule has 1 N–H and O–H groups in total. The SMILES string of the molecule is CCCCc1ccc(S(=O)(=O)Nc2cc(-c3cccs3)nn2-c2ccc(-c3ccccc3)cc2)cc1. The number of rotatable bonds is 9. The molecule has 0 aliphatic heterocycles. The lowest BCUT2D eigenvalue weighted by atomic mass is 10.1. The van der Waals surface area contributed by atoms with Gasteiger partial charge in [0.25, 0.3) is 10.0 Å². The highest BCUT2D eigenvalue weighted by Crippen LogP contribution is 2.30. The van der Waals surface area contributed by atoms with Crippen LogP contribution in [0.2, 0.25) is 0 Å². The highest BCUT2D eigenvalue weighted by atomic mass is 32.2. The second-order valence-corrected chi connectivity index (χ2v) is 11.2. The maximum Gasteiger partial charge on any atom is 0.263 e. The van der Waals surface area contributed by atoms with E-state index in [1.54, 1.807) is 34.2 Å². The molecular formula is C29H27N3O2S2. The van der Waals surface area contributed by atoms with Crippen LogP contribution in [0, 0.1) is 0 Å². The minimum Gasteiger partial charge on any atom is -0.263 e. The monoisotopic (exact) mass is 513 g/mol. The minimum absolute atomic E-state index is 0.229. The van der Waals surface area contributed by atoms with Gasteiger partial charge < -0.3 is 0 Å². The quantitative estimate of drug-likeness (QED) is 0.223. The highest BCUT2D eigenvalue weighted by Gasteiger charge is 2.20. The Morgan fingerprint density at radius 1 is 0.861 bits per heavy atom. The average molecular weight is 514 g/mol. The second kappa shape index (κ2) is 10.5. The van der Waals surface area contributed by atoms with E-state index in [2.05, 4.69) is 23.8 Å². The van der Waals surface area contributed by atoms with Crippen LogP contribution in [0.4, 0.5) is 5.82 Å². The highest BCUT2D eigenvalue weighted by molar-refractivity contribution is 7.92. The third kappa shape index (κ3) is 5.27. The van der Waals surface area contributed by atoms with Crippen molar-refractivity contribution in [2.24, 2.45) is 0 Å². The van der Waals surface area contributed by atoms with Crippen molar-refractivity contribution in [2.75, 3.05) is 4.72 Å². The van der Waals surface area contributed by atoms with Crippen LogP contribution < -0.4 is 4.72 Å². The molecule has 0 aliphatic rings. The topological polar surface area (TPSA) is 64.0 Å². The van der Waals surface area contributed by atoms with Crippen molar-refractivity contribution in [3.63, 3.8) is 0 Å². The Balaban J connectivity index is 1.48. The first-order valence-electron chi connectivity index (χ1n) is 11.9. The van der Waals surface area contributed by atoms with Gasteiger partial charge in [-0.1, -0.05) is 74.0 Å². The van der Waals surface area contributed by atoms with Gasteiger partial charge in [0.2, 0.25) is 0 Å². The number of hydrogen-bond donors (Lipinski definition) is 1. The van der Waals surface area contributed by atoms with E-state index in [0.29, 0.717) is 11.5 Å². The summed E-state index contributed by atoms with van der Waals surface area (Å²) < 4.78 is 31.0. The maximum atomic E-state index is 13.3. The first kappa shape index (κ1) is 24.0. The summed E-state index contributed by atoms with van der Waals surface area (Å²) in [5.41, 5.74) is 4.82. The van der Waals surface area contributed by atoms with Gasteiger partial charge in [-0.2, -0.15) is 5.10 Å². The van der Waals surface area contributed by atoms with Crippen molar-refractivity contribution in [1.29, 1.82) is 0 Å². The first-order valence-corrected chi connectivity index (χ1v) is 14.3. The van der Waals surface area contributed by atoms with Gasteiger partial charge in [-0.15, -0.1) is 11.3 Å². The number of nitrogens with zero attached hydrogens (tertiary/aromatic N) is 2. The molecule has 182 valence electrons. The van der Waals surface area contributed by atoms with Crippen LogP contribution in [-0.2, 0) is 16.4 Å². The normalized spacial score (nSPS) is 11.5. The Morgan fingerprint density at radius 2 is 1.58 bits per heavy atom. The van der Waals surface area contributed by atoms with E-state index in [9.17, 15) is 8.42 Å². The Hall–Kier alpha value is -3.68. The van der Waals surface area contributed by atoms with Gasteiger partial charge in [0.1, 0.15) is 11.5 Å². The number of benzene rings is 3. The summed E-state index contributed by atoms with van der Waals surface area (Å²) in [6, 6.07) is 30.9. The molecule has 0 radical (unpaired) electrons. The molecule has 0 amide bonds. The lowest BCUT2D eigenvalue weighted by molar-refractivity contribution is 0.600. The summed E-state index contributed by atoms with van der Waals surface area (Å²) in [7, 11) is -3.80. The fraction of sp³-hybridized carbons (Fsp3) is 0.138. The lowest BCUT2D eigenvalue weighted by Gasteiger charge is -2.12. The van der Waals surface area contributed by atoms with Crippen molar-refractivity contribution < 1.29 is 8.42 Å². The Kier molecular flexibility index (Phi) is 7.02. The summed E-state index contributed by atoms with van der Waals surface area (Å²) in [5, 5.41) is 6.73. The molecule has 2 heterocycles. The number of nitrogens with one attached hydrogen (secondary N) is 1. The van der Waals surface area contributed by atoms with E-state index in [1.165, 1.54) is 0 Å². The average Bonchev–Trinajstić information content (AvgIpc) is 3.59. The van der Waals surface area contributed by atoms with Crippen LogP contribution in [0.5, 0.6) is 0 Å². The third-order valence-electron chi connectivity index (χ3n) is 5.99. The van der Waals surface area contributed by atoms with Gasteiger partial charge in [-0.25, -0.2) is 13.1 Å². The molecule has 0 spiro atoms. The van der Waals surface area contributed by atoms with Gasteiger partial charge in [-0.3, -0.25) is 4.72 Å². The van der Waals surface area contributed by atoms with Crippen LogP contribution in [0.15, 0.2) is 107 Å². The van der Waals surface area contributed by atoms with Crippen LogP contribution in [0.1, 0.15) is 25.3 Å². The van der Waals surface area contributed by atoms with Gasteiger partial charge in [-0.05, 0) is 65.2 Å². The van der Waals surface area contributed by atoms with Crippen molar-refractivity contribution in [2.45, 2.75) is 31.1 Å². The number of anilines is 1. The van der Waals surface area contributed by atoms with Gasteiger partial charge in [0.05, 0.1) is 15.5 Å². The standard InChI is InChI=1S/C29H27N3O2S2/c1-2-3-8-22-12-18-26(19-13-22)36(33,34)31-29-21-27(28-11-7-20-35-28)30-32(29)25-16-14-24(15-17-25)23-9-5-4-6-10-23/h4-7,9-21,31H,2-3,8H2,1H3. The fourth-order valence-electron chi connectivity index (χ4n) is 4.03. The molecule has 0 fully saturated rings. The van der Waals surface area contributed by atoms with E-state index in [1.807, 2.05) is 72.1 Å². The zero-order valence-corrected chi connectivity index (χ0v) is 21.6. The van der Waals surface area contributed by atoms with Crippen LogP contribution >= 0.6 is 11.3 Å². The second-order valence-electron chi connectivity index (χ2n) is 8.57. The molecule has 2 aromatic heterocycles. The molecule has 5 nitrogen and oxygen atoms in total. The first-order chi connectivity index (χ1) is 17.5. The third-order valence-corrected chi connectivity index (χ3v) is 8.26. The van der Waals surface area contributed by atoms with Gasteiger partial charge >= 0.3 is 0 Å². The molecule has 3 aromatic carbocycles. The van der Waals surface area contributed by atoms with E-state index >= 15 is 0 Å². The van der Waals surface area contributed by atoms with Crippen LogP contribution in [-0.4, -0.2) is 18.2 Å². The zero-order valence-electron chi connectivity index (χ0n) is 20.0. The number of hydrogen-bond acceptors (Lipinski definition) is 4. The molecule has 5 aromatic rings. The summed E-state index contributed by atoms with van der Waals surface area (Å²) in [5.74, 6) is 0.390. The predicted molar refractivity (Wildman–Crippen MR) is 148 cm³/mol. The van der Waals surface area contributed by atoms with E-state index in [4.69, 9.17) is 5.10 Å². The lowest BCUT2D eigenvalue weighted by Crippen LogP contribution is -2.16. The number of aromatic nitrogens is 2. The molecule has 5 rings (SSSR count). The van der Waals surface area contributed by atoms with Crippen molar-refractivity contribution in [1.82, 2.24) is 9.78 Å². The molecule has 36 heavy (non-hydrogen) atoms. The summed E-state index contributed by atoms with van der Waals surface area (Å²) in [4.78, 5) is 1.20. The van der Waals surface area contributed by atoms with Gasteiger partial charge in [0, 0.05) is 6.07 Å².